The molecule has 3 amide bonds. The Morgan fingerprint density at radius 3 is 2.78 bits per heavy atom. The number of imide groups is 1. The van der Waals surface area contributed by atoms with Gasteiger partial charge in [0.05, 0.1) is 5.75 Å². The topological polar surface area (TPSA) is 107 Å². The molecular formula is C17H21N5O4S. The lowest BCUT2D eigenvalue weighted by atomic mass is 10.2. The lowest BCUT2D eigenvalue weighted by Crippen LogP contribution is -2.43. The molecule has 1 aromatic heterocycles. The third kappa shape index (κ3) is 4.70. The number of hydrogen-bond acceptors (Lipinski definition) is 7. The van der Waals surface area contributed by atoms with Crippen molar-refractivity contribution in [3.8, 4) is 11.5 Å². The molecule has 0 bridgehead atoms. The van der Waals surface area contributed by atoms with E-state index in [2.05, 4.69) is 20.8 Å². The van der Waals surface area contributed by atoms with E-state index >= 15 is 0 Å². The Bertz CT molecular complexity index is 838. The van der Waals surface area contributed by atoms with Gasteiger partial charge in [0.25, 0.3) is 0 Å². The fourth-order valence-corrected chi connectivity index (χ4v) is 3.19. The highest BCUT2D eigenvalue weighted by Gasteiger charge is 2.27. The SMILES string of the molecule is CC(C)NC(=O)NC(=O)CSc1nnc([C@@H]2COc3ccccc3O2)n1C. The van der Waals surface area contributed by atoms with Crippen molar-refractivity contribution in [2.75, 3.05) is 12.4 Å². The van der Waals surface area contributed by atoms with E-state index in [0.717, 1.165) is 0 Å². The number of carbonyl (C=O) groups is 2. The molecule has 0 spiro atoms. The Morgan fingerprint density at radius 2 is 2.04 bits per heavy atom. The molecular weight excluding hydrogens is 370 g/mol. The first kappa shape index (κ1) is 19.0. The molecule has 0 fully saturated rings. The molecule has 0 saturated heterocycles. The average Bonchev–Trinajstić information content (AvgIpc) is 2.99. The second-order valence-corrected chi connectivity index (χ2v) is 7.17. The van der Waals surface area contributed by atoms with E-state index in [1.807, 2.05) is 38.1 Å². The number of amides is 3. The van der Waals surface area contributed by atoms with Crippen molar-refractivity contribution in [2.45, 2.75) is 31.1 Å². The van der Waals surface area contributed by atoms with Crippen LogP contribution >= 0.6 is 11.8 Å². The first-order chi connectivity index (χ1) is 12.9. The number of aromatic nitrogens is 3. The normalized spacial score (nSPS) is 15.5. The van der Waals surface area contributed by atoms with Crippen LogP contribution in [-0.2, 0) is 11.8 Å². The predicted molar refractivity (Wildman–Crippen MR) is 98.8 cm³/mol. The molecule has 0 aliphatic carbocycles. The van der Waals surface area contributed by atoms with Gasteiger partial charge in [0.15, 0.2) is 28.6 Å². The van der Waals surface area contributed by atoms with E-state index < -0.39 is 18.0 Å². The summed E-state index contributed by atoms with van der Waals surface area (Å²) in [6, 6.07) is 6.87. The van der Waals surface area contributed by atoms with Gasteiger partial charge in [-0.05, 0) is 26.0 Å². The van der Waals surface area contributed by atoms with Crippen LogP contribution in [0.25, 0.3) is 0 Å². The van der Waals surface area contributed by atoms with E-state index in [4.69, 9.17) is 9.47 Å². The van der Waals surface area contributed by atoms with Crippen molar-refractivity contribution in [2.24, 2.45) is 7.05 Å². The molecule has 1 aromatic carbocycles. The van der Waals surface area contributed by atoms with Gasteiger partial charge in [-0.2, -0.15) is 0 Å². The zero-order chi connectivity index (χ0) is 19.4. The highest BCUT2D eigenvalue weighted by molar-refractivity contribution is 7.99. The Kier molecular flexibility index (Phi) is 5.84. The van der Waals surface area contributed by atoms with Crippen LogP contribution in [0.5, 0.6) is 11.5 Å². The zero-order valence-corrected chi connectivity index (χ0v) is 16.1. The van der Waals surface area contributed by atoms with Crippen LogP contribution in [0, 0.1) is 0 Å². The van der Waals surface area contributed by atoms with Gasteiger partial charge in [-0.1, -0.05) is 23.9 Å². The Balaban J connectivity index is 1.58. The first-order valence-corrected chi connectivity index (χ1v) is 9.43. The molecule has 2 N–H and O–H groups in total. The number of nitrogens with zero attached hydrogens (tertiary/aromatic N) is 3. The van der Waals surface area contributed by atoms with Gasteiger partial charge in [0, 0.05) is 13.1 Å². The summed E-state index contributed by atoms with van der Waals surface area (Å²) in [5.41, 5.74) is 0. The van der Waals surface area contributed by atoms with Crippen LogP contribution in [0.15, 0.2) is 29.4 Å². The lowest BCUT2D eigenvalue weighted by molar-refractivity contribution is -0.117. The minimum Gasteiger partial charge on any atom is -0.485 e. The van der Waals surface area contributed by atoms with Gasteiger partial charge in [-0.15, -0.1) is 10.2 Å². The van der Waals surface area contributed by atoms with Gasteiger partial charge in [0.1, 0.15) is 6.61 Å². The smallest absolute Gasteiger partial charge is 0.321 e. The van der Waals surface area contributed by atoms with Gasteiger partial charge < -0.3 is 19.4 Å². The average molecular weight is 391 g/mol. The standard InChI is InChI=1S/C17H21N5O4S/c1-10(2)18-16(24)19-14(23)9-27-17-21-20-15(22(17)3)13-8-25-11-6-4-5-7-12(11)26-13/h4-7,10,13H,8-9H2,1-3H3,(H2,18,19,23,24)/t13-/m0/s1. The number of carbonyl (C=O) groups excluding carboxylic acids is 2. The summed E-state index contributed by atoms with van der Waals surface area (Å²) in [5.74, 6) is 1.59. The number of ether oxygens (including phenoxy) is 2. The molecule has 0 unspecified atom stereocenters. The van der Waals surface area contributed by atoms with E-state index in [1.165, 1.54) is 11.8 Å². The number of para-hydroxylation sites is 2. The molecule has 27 heavy (non-hydrogen) atoms. The van der Waals surface area contributed by atoms with Crippen LogP contribution in [0.4, 0.5) is 4.79 Å². The maximum absolute atomic E-state index is 11.9. The summed E-state index contributed by atoms with van der Waals surface area (Å²) in [6.07, 6.45) is -0.391. The zero-order valence-electron chi connectivity index (χ0n) is 15.3. The number of urea groups is 1. The fraction of sp³-hybridized carbons (Fsp3) is 0.412. The van der Waals surface area contributed by atoms with E-state index in [9.17, 15) is 9.59 Å². The fourth-order valence-electron chi connectivity index (χ4n) is 2.47. The Morgan fingerprint density at radius 1 is 1.30 bits per heavy atom. The number of fused-ring (bicyclic) bond motifs is 1. The van der Waals surface area contributed by atoms with Crippen molar-refractivity contribution in [1.29, 1.82) is 0 Å². The van der Waals surface area contributed by atoms with E-state index in [1.54, 1.807) is 11.6 Å². The van der Waals surface area contributed by atoms with Gasteiger partial charge in [0.2, 0.25) is 5.91 Å². The molecule has 1 atom stereocenters. The maximum Gasteiger partial charge on any atom is 0.321 e. The van der Waals surface area contributed by atoms with E-state index in [-0.39, 0.29) is 11.8 Å². The molecule has 2 heterocycles. The summed E-state index contributed by atoms with van der Waals surface area (Å²) in [7, 11) is 1.80. The van der Waals surface area contributed by atoms with Crippen LogP contribution in [0.1, 0.15) is 25.8 Å². The van der Waals surface area contributed by atoms with Crippen molar-refractivity contribution < 1.29 is 19.1 Å². The second-order valence-electron chi connectivity index (χ2n) is 6.23. The van der Waals surface area contributed by atoms with Gasteiger partial charge in [-0.25, -0.2) is 4.79 Å². The summed E-state index contributed by atoms with van der Waals surface area (Å²) < 4.78 is 13.4. The lowest BCUT2D eigenvalue weighted by Gasteiger charge is -2.25. The molecule has 144 valence electrons. The molecule has 0 radical (unpaired) electrons. The quantitative estimate of drug-likeness (QED) is 0.746. The summed E-state index contributed by atoms with van der Waals surface area (Å²) in [6.45, 7) is 3.95. The number of thioether (sulfide) groups is 1. The second kappa shape index (κ2) is 8.30. The molecule has 1 aliphatic rings. The minimum absolute atomic E-state index is 0.0440. The predicted octanol–water partition coefficient (Wildman–Crippen LogP) is 1.65. The summed E-state index contributed by atoms with van der Waals surface area (Å²) in [4.78, 5) is 23.4. The molecule has 0 saturated carbocycles. The van der Waals surface area contributed by atoms with Crippen LogP contribution in [-0.4, -0.2) is 45.1 Å². The van der Waals surface area contributed by atoms with Crippen molar-refractivity contribution in [3.05, 3.63) is 30.1 Å². The minimum atomic E-state index is -0.513. The van der Waals surface area contributed by atoms with Crippen molar-refractivity contribution >= 4 is 23.7 Å². The number of nitrogens with one attached hydrogen (secondary N) is 2. The molecule has 1 aliphatic heterocycles. The third-order valence-electron chi connectivity index (χ3n) is 3.67. The highest BCUT2D eigenvalue weighted by atomic mass is 32.2. The number of benzene rings is 1. The van der Waals surface area contributed by atoms with Crippen LogP contribution < -0.4 is 20.1 Å². The molecule has 9 nitrogen and oxygen atoms in total. The Labute approximate surface area is 160 Å². The summed E-state index contributed by atoms with van der Waals surface area (Å²) in [5, 5.41) is 13.7. The largest absolute Gasteiger partial charge is 0.485 e. The highest BCUT2D eigenvalue weighted by Crippen LogP contribution is 2.35. The van der Waals surface area contributed by atoms with Crippen molar-refractivity contribution in [1.82, 2.24) is 25.4 Å². The van der Waals surface area contributed by atoms with Crippen LogP contribution in [0.2, 0.25) is 0 Å². The van der Waals surface area contributed by atoms with Gasteiger partial charge in [-0.3, -0.25) is 10.1 Å². The van der Waals surface area contributed by atoms with Crippen LogP contribution in [0.3, 0.4) is 0 Å². The third-order valence-corrected chi connectivity index (χ3v) is 4.69. The first-order valence-electron chi connectivity index (χ1n) is 8.45. The van der Waals surface area contributed by atoms with Crippen molar-refractivity contribution in [3.63, 3.8) is 0 Å². The van der Waals surface area contributed by atoms with E-state index in [0.29, 0.717) is 29.1 Å². The number of hydrogen-bond donors (Lipinski definition) is 2. The molecule has 2 aromatic rings. The van der Waals surface area contributed by atoms with Gasteiger partial charge >= 0.3 is 6.03 Å². The Hall–Kier alpha value is -2.75. The number of rotatable bonds is 5. The molecule has 3 rings (SSSR count). The maximum atomic E-state index is 11.9. The monoisotopic (exact) mass is 391 g/mol. The molecule has 10 heteroatoms. The summed E-state index contributed by atoms with van der Waals surface area (Å²) >= 11 is 1.19.